The van der Waals surface area contributed by atoms with E-state index in [4.69, 9.17) is 4.42 Å². The van der Waals surface area contributed by atoms with Gasteiger partial charge >= 0.3 is 0 Å². The van der Waals surface area contributed by atoms with Gasteiger partial charge in [0.2, 0.25) is 17.7 Å². The third kappa shape index (κ3) is 9.02. The van der Waals surface area contributed by atoms with Crippen LogP contribution in [0, 0.1) is 5.92 Å². The molecule has 1 aliphatic heterocycles. The molecule has 2 aromatic carbocycles. The molecule has 1 fully saturated rings. The normalized spacial score (nSPS) is 20.9. The number of pyridine rings is 1. The van der Waals surface area contributed by atoms with Crippen LogP contribution in [-0.4, -0.2) is 91.8 Å². The Kier molecular flexibility index (Phi) is 11.1. The highest BCUT2D eigenvalue weighted by molar-refractivity contribution is 5.83. The second-order valence-corrected chi connectivity index (χ2v) is 14.6. The molecule has 0 radical (unpaired) electrons. The van der Waals surface area contributed by atoms with Gasteiger partial charge in [-0.15, -0.1) is 0 Å². The molecule has 0 unspecified atom stereocenters. The molecule has 2 amide bonds. The van der Waals surface area contributed by atoms with Gasteiger partial charge in [0.15, 0.2) is 5.76 Å². The molecule has 1 aliphatic carbocycles. The number of hydrogen-bond donors (Lipinski definition) is 4. The number of hydrogen-bond acceptors (Lipinski definition) is 9. The zero-order valence-corrected chi connectivity index (χ0v) is 29.0. The van der Waals surface area contributed by atoms with Gasteiger partial charge in [-0.1, -0.05) is 54.6 Å². The quantitative estimate of drug-likeness (QED) is 0.177. The highest BCUT2D eigenvalue weighted by Crippen LogP contribution is 2.32. The van der Waals surface area contributed by atoms with Gasteiger partial charge in [-0.05, 0) is 62.4 Å². The first kappa shape index (κ1) is 35.4. The van der Waals surface area contributed by atoms with E-state index in [2.05, 4.69) is 25.5 Å². The van der Waals surface area contributed by atoms with E-state index in [0.29, 0.717) is 50.7 Å². The molecule has 4 N–H and O–H groups in total. The molecule has 2 aromatic heterocycles. The lowest BCUT2D eigenvalue weighted by atomic mass is 9.91. The molecular formula is C39H48N6O5. The topological polar surface area (TPSA) is 144 Å². The summed E-state index contributed by atoms with van der Waals surface area (Å²) in [5, 5.41) is 28.6. The van der Waals surface area contributed by atoms with Crippen molar-refractivity contribution in [2.45, 2.75) is 76.4 Å². The summed E-state index contributed by atoms with van der Waals surface area (Å²) in [4.78, 5) is 40.4. The largest absolute Gasteiger partial charge is 0.439 e. The van der Waals surface area contributed by atoms with Crippen LogP contribution in [0.3, 0.4) is 0 Å². The van der Waals surface area contributed by atoms with Gasteiger partial charge in [0, 0.05) is 62.0 Å². The van der Waals surface area contributed by atoms with Gasteiger partial charge in [0.1, 0.15) is 6.04 Å². The average molecular weight is 681 g/mol. The van der Waals surface area contributed by atoms with Crippen LogP contribution in [0.15, 0.2) is 89.7 Å². The predicted octanol–water partition coefficient (Wildman–Crippen LogP) is 3.52. The van der Waals surface area contributed by atoms with Crippen LogP contribution in [0.4, 0.5) is 0 Å². The predicted molar refractivity (Wildman–Crippen MR) is 190 cm³/mol. The number of aliphatic hydroxyl groups excluding tert-OH is 2. The van der Waals surface area contributed by atoms with E-state index in [9.17, 15) is 19.8 Å². The molecule has 0 bridgehead atoms. The summed E-state index contributed by atoms with van der Waals surface area (Å²) in [6, 6.07) is 20.3. The molecule has 6 rings (SSSR count). The maximum Gasteiger partial charge on any atom is 0.239 e. The Morgan fingerprint density at radius 1 is 1.02 bits per heavy atom. The van der Waals surface area contributed by atoms with E-state index in [-0.39, 0.29) is 24.8 Å². The average Bonchev–Trinajstić information content (AvgIpc) is 3.69. The maximum absolute atomic E-state index is 13.9. The van der Waals surface area contributed by atoms with Gasteiger partial charge in [-0.3, -0.25) is 24.4 Å². The highest BCUT2D eigenvalue weighted by atomic mass is 16.4. The summed E-state index contributed by atoms with van der Waals surface area (Å²) in [6.07, 6.45) is 4.66. The lowest BCUT2D eigenvalue weighted by Gasteiger charge is -2.42. The Bertz CT molecular complexity index is 1730. The minimum Gasteiger partial charge on any atom is -0.439 e. The van der Waals surface area contributed by atoms with Gasteiger partial charge in [-0.2, -0.15) is 0 Å². The van der Waals surface area contributed by atoms with Gasteiger partial charge in [0.25, 0.3) is 0 Å². The number of aromatic nitrogens is 2. The van der Waals surface area contributed by atoms with Crippen molar-refractivity contribution in [1.29, 1.82) is 0 Å². The summed E-state index contributed by atoms with van der Waals surface area (Å²) in [5.41, 5.74) is 3.35. The molecule has 0 saturated carbocycles. The minimum absolute atomic E-state index is 0.120. The smallest absolute Gasteiger partial charge is 0.239 e. The Morgan fingerprint density at radius 3 is 2.56 bits per heavy atom. The maximum atomic E-state index is 13.9. The second-order valence-electron chi connectivity index (χ2n) is 14.6. The summed E-state index contributed by atoms with van der Waals surface area (Å²) < 4.78 is 6.03. The monoisotopic (exact) mass is 680 g/mol. The number of oxazole rings is 1. The fraction of sp³-hybridized carbons (Fsp3) is 0.436. The highest BCUT2D eigenvalue weighted by Gasteiger charge is 2.37. The first-order chi connectivity index (χ1) is 24.0. The first-order valence-corrected chi connectivity index (χ1v) is 17.4. The van der Waals surface area contributed by atoms with Crippen molar-refractivity contribution in [2.75, 3.05) is 26.2 Å². The number of β-amino-alcohol motifs (C(OH)–C–C–N with tert-alkyl or cyclic N) is 1. The third-order valence-electron chi connectivity index (χ3n) is 9.43. The van der Waals surface area contributed by atoms with Crippen LogP contribution in [0.2, 0.25) is 0 Å². The number of fused-ring (bicyclic) bond motifs is 1. The second kappa shape index (κ2) is 15.6. The Labute approximate surface area is 293 Å². The van der Waals surface area contributed by atoms with Gasteiger partial charge < -0.3 is 25.3 Å². The lowest BCUT2D eigenvalue weighted by molar-refractivity contribution is -0.132. The van der Waals surface area contributed by atoms with Gasteiger partial charge in [-0.25, -0.2) is 4.98 Å². The fourth-order valence-corrected chi connectivity index (χ4v) is 7.03. The summed E-state index contributed by atoms with van der Waals surface area (Å²) in [5.74, 6) is 0.312. The Morgan fingerprint density at radius 2 is 1.80 bits per heavy atom. The molecule has 0 spiro atoms. The van der Waals surface area contributed by atoms with Crippen molar-refractivity contribution in [3.05, 3.63) is 108 Å². The lowest BCUT2D eigenvalue weighted by Crippen LogP contribution is -2.62. The van der Waals surface area contributed by atoms with E-state index >= 15 is 0 Å². The molecule has 11 nitrogen and oxygen atoms in total. The fourth-order valence-electron chi connectivity index (χ4n) is 7.03. The van der Waals surface area contributed by atoms with E-state index in [1.807, 2.05) is 92.4 Å². The molecular weight excluding hydrogens is 632 g/mol. The van der Waals surface area contributed by atoms with Crippen LogP contribution in [0.25, 0.3) is 11.3 Å². The van der Waals surface area contributed by atoms with E-state index < -0.39 is 35.7 Å². The van der Waals surface area contributed by atoms with Crippen molar-refractivity contribution in [2.24, 2.45) is 5.92 Å². The summed E-state index contributed by atoms with van der Waals surface area (Å²) in [7, 11) is 0. The Balaban J connectivity index is 1.14. The van der Waals surface area contributed by atoms with Crippen LogP contribution >= 0.6 is 0 Å². The zero-order valence-electron chi connectivity index (χ0n) is 29.0. The van der Waals surface area contributed by atoms with Crippen molar-refractivity contribution < 1.29 is 24.2 Å². The molecule has 3 heterocycles. The van der Waals surface area contributed by atoms with E-state index in [0.717, 1.165) is 22.3 Å². The number of nitrogens with zero attached hydrogens (tertiary/aromatic N) is 4. The van der Waals surface area contributed by atoms with Crippen LogP contribution in [-0.2, 0) is 29.0 Å². The molecule has 11 heteroatoms. The molecule has 4 aromatic rings. The number of nitrogens with one attached hydrogen (secondary N) is 2. The van der Waals surface area contributed by atoms with Crippen molar-refractivity contribution in [3.63, 3.8) is 0 Å². The SMILES string of the molecule is CC(C)(C)NC(=O)[C@@H]1CN(Cc2ncc(-c3cccnc3)o2)CCN1C[C@@H](O)C[C@H](Cc1ccccc1)C(=O)N[C@H]1c2ccccc2C[C@H]1O. The van der Waals surface area contributed by atoms with Crippen molar-refractivity contribution >= 4 is 11.8 Å². The van der Waals surface area contributed by atoms with Crippen molar-refractivity contribution in [3.8, 4) is 11.3 Å². The van der Waals surface area contributed by atoms with Crippen LogP contribution < -0.4 is 10.6 Å². The number of carbonyl (C=O) groups excluding carboxylic acids is 2. The number of carbonyl (C=O) groups is 2. The minimum atomic E-state index is -0.875. The van der Waals surface area contributed by atoms with Crippen LogP contribution in [0.1, 0.15) is 55.8 Å². The summed E-state index contributed by atoms with van der Waals surface area (Å²) >= 11 is 0. The number of amides is 2. The zero-order chi connectivity index (χ0) is 35.3. The van der Waals surface area contributed by atoms with Crippen LogP contribution in [0.5, 0.6) is 0 Å². The number of benzene rings is 2. The third-order valence-corrected chi connectivity index (χ3v) is 9.43. The standard InChI is InChI=1S/C39H48N6O5/c1-39(2,3)43-38(49)32-24-44(25-35-41-22-34(50-35)28-13-9-15-40-21-28)16-17-45(32)23-30(46)19-29(18-26-10-5-4-6-11-26)37(48)42-36-31-14-8-7-12-27(31)20-33(36)47/h4-15,21-22,29-30,32-33,36,46-47H,16-20,23-25H2,1-3H3,(H,42,48)(H,43,49)/t29-,30-,32-,33+,36-/m0/s1. The molecule has 5 atom stereocenters. The first-order valence-electron chi connectivity index (χ1n) is 17.4. The van der Waals surface area contributed by atoms with E-state index in [1.165, 1.54) is 0 Å². The molecule has 50 heavy (non-hydrogen) atoms. The molecule has 2 aliphatic rings. The molecule has 264 valence electrons. The number of piperazine rings is 1. The van der Waals surface area contributed by atoms with Gasteiger partial charge in [0.05, 0.1) is 31.0 Å². The van der Waals surface area contributed by atoms with Crippen molar-refractivity contribution in [1.82, 2.24) is 30.4 Å². The number of aliphatic hydroxyl groups is 2. The number of rotatable bonds is 12. The summed E-state index contributed by atoms with van der Waals surface area (Å²) in [6.45, 7) is 8.11. The molecule has 1 saturated heterocycles. The Hall–Kier alpha value is -4.42. The van der Waals surface area contributed by atoms with E-state index in [1.54, 1.807) is 18.6 Å².